The van der Waals surface area contributed by atoms with Gasteiger partial charge in [0.15, 0.2) is 0 Å². The molecule has 3 aromatic carbocycles. The summed E-state index contributed by atoms with van der Waals surface area (Å²) in [4.78, 5) is 59.5. The van der Waals surface area contributed by atoms with E-state index in [1.807, 2.05) is 30.3 Å². The molecule has 0 radical (unpaired) electrons. The second-order valence-electron chi connectivity index (χ2n) is 17.0. The van der Waals surface area contributed by atoms with E-state index in [0.717, 1.165) is 23.4 Å². The number of hydrogen-bond acceptors (Lipinski definition) is 13. The highest BCUT2D eigenvalue weighted by Gasteiger charge is 2.26. The zero-order valence-corrected chi connectivity index (χ0v) is 40.2. The van der Waals surface area contributed by atoms with E-state index < -0.39 is 51.0 Å². The molecule has 0 aliphatic carbocycles. The van der Waals surface area contributed by atoms with E-state index >= 15 is 0 Å². The Hall–Kier alpha value is -6.12. The maximum atomic E-state index is 14.3. The topological polar surface area (TPSA) is 227 Å². The Morgan fingerprint density at radius 1 is 0.766 bits per heavy atom. The number of carbonyl (C=O) groups is 4. The minimum atomic E-state index is -4.14. The van der Waals surface area contributed by atoms with Crippen molar-refractivity contribution in [2.45, 2.75) is 100 Å². The molecule has 64 heavy (non-hydrogen) atoms. The molecule has 0 aliphatic heterocycles. The average molecular weight is 937 g/mol. The third-order valence-corrected chi connectivity index (χ3v) is 12.1. The van der Waals surface area contributed by atoms with Gasteiger partial charge in [0, 0.05) is 30.0 Å². The van der Waals surface area contributed by atoms with Crippen LogP contribution in [-0.2, 0) is 24.0 Å². The van der Waals surface area contributed by atoms with Gasteiger partial charge in [-0.1, -0.05) is 30.3 Å². The summed E-state index contributed by atoms with van der Waals surface area (Å²) in [7, 11) is -4.14. The average Bonchev–Trinajstić information content (AvgIpc) is 3.59. The van der Waals surface area contributed by atoms with Crippen molar-refractivity contribution in [3.05, 3.63) is 78.4 Å². The van der Waals surface area contributed by atoms with Gasteiger partial charge >= 0.3 is 24.3 Å². The zero-order chi connectivity index (χ0) is 47.5. The Kier molecular flexibility index (Phi) is 17.0. The lowest BCUT2D eigenvalue weighted by Crippen LogP contribution is -2.40. The Balaban J connectivity index is 1.73. The molecule has 5 amide bonds. The first-order chi connectivity index (χ1) is 29.8. The molecule has 0 aliphatic rings. The lowest BCUT2D eigenvalue weighted by atomic mass is 9.97. The van der Waals surface area contributed by atoms with Crippen molar-refractivity contribution in [2.75, 3.05) is 35.3 Å². The number of nitrogens with one attached hydrogen (secondary N) is 6. The van der Waals surface area contributed by atoms with Crippen LogP contribution in [0.3, 0.4) is 0 Å². The first-order valence-electron chi connectivity index (χ1n) is 19.9. The smallest absolute Gasteiger partial charge is 0.437 e. The molecule has 20 heteroatoms. The number of guanidine groups is 1. The maximum absolute atomic E-state index is 14.3. The van der Waals surface area contributed by atoms with Crippen molar-refractivity contribution in [3.8, 4) is 11.1 Å². The molecule has 0 fully saturated rings. The number of urea groups is 1. The first kappa shape index (κ1) is 50.5. The Bertz CT molecular complexity index is 2490. The van der Waals surface area contributed by atoms with Crippen LogP contribution in [0, 0.1) is 6.92 Å². The minimum Gasteiger partial charge on any atom is -0.444 e. The summed E-state index contributed by atoms with van der Waals surface area (Å²) in [5.74, 6) is -0.323. The Morgan fingerprint density at radius 2 is 1.42 bits per heavy atom. The fourth-order valence-electron chi connectivity index (χ4n) is 5.59. The number of thioether (sulfide) groups is 1. The molecule has 0 spiro atoms. The molecule has 6 N–H and O–H groups in total. The van der Waals surface area contributed by atoms with Gasteiger partial charge in [-0.15, -0.1) is 28.1 Å². The van der Waals surface area contributed by atoms with Gasteiger partial charge in [0.25, 0.3) is 0 Å². The molecule has 1 aromatic heterocycles. The highest BCUT2D eigenvalue weighted by atomic mass is 32.2. The van der Waals surface area contributed by atoms with Gasteiger partial charge in [0.05, 0.1) is 26.0 Å². The van der Waals surface area contributed by atoms with E-state index in [1.165, 1.54) is 30.0 Å². The third-order valence-electron chi connectivity index (χ3n) is 7.91. The first-order valence-corrected chi connectivity index (χ1v) is 23.5. The van der Waals surface area contributed by atoms with Gasteiger partial charge < -0.3 is 35.5 Å². The van der Waals surface area contributed by atoms with E-state index in [9.17, 15) is 27.6 Å². The summed E-state index contributed by atoms with van der Waals surface area (Å²) in [6.45, 7) is 17.6. The molecule has 0 saturated heterocycles. The quantitative estimate of drug-likeness (QED) is 0.0257. The minimum absolute atomic E-state index is 0.0268. The molecule has 17 nitrogen and oxygen atoms in total. The zero-order valence-electron chi connectivity index (χ0n) is 37.7. The number of ether oxygens (including phenoxy) is 3. The van der Waals surface area contributed by atoms with Gasteiger partial charge in [0.1, 0.15) is 21.8 Å². The van der Waals surface area contributed by atoms with Crippen LogP contribution < -0.4 is 31.9 Å². The fourth-order valence-corrected chi connectivity index (χ4v) is 9.46. The monoisotopic (exact) mass is 936 g/mol. The molecule has 1 heterocycles. The predicted molar refractivity (Wildman–Crippen MR) is 254 cm³/mol. The number of anilines is 3. The van der Waals surface area contributed by atoms with Crippen molar-refractivity contribution in [3.63, 3.8) is 0 Å². The second kappa shape index (κ2) is 21.5. The van der Waals surface area contributed by atoms with Crippen LogP contribution in [-0.4, -0.2) is 81.2 Å². The standard InChI is InChI=1S/C44H56N8O9S3/c1-27-22-30(49-37(51-40(55)60-43(5,6)7)52-41(56)61-44(8,9)10)24-32(50-38(53)46-21-20-45-29-17-13-12-14-18-29)35(27)28-16-15-19-31(23-28)64(57,58)33-25-34(63-36(33)62-11)47-26-48-39(54)59-42(2,3)4/h12-19,22-26,45H,20-21H2,1-11H3,(H2,46,50,53)(H,47,48,54)(H2,49,51,52,55,56). The van der Waals surface area contributed by atoms with Crippen molar-refractivity contribution >= 4 is 91.6 Å². The van der Waals surface area contributed by atoms with E-state index in [0.29, 0.717) is 32.4 Å². The number of hydrogen-bond donors (Lipinski definition) is 6. The highest BCUT2D eigenvalue weighted by molar-refractivity contribution is 8.01. The molecule has 0 atom stereocenters. The molecular formula is C44H56N8O9S3. The van der Waals surface area contributed by atoms with Crippen molar-refractivity contribution in [1.29, 1.82) is 0 Å². The van der Waals surface area contributed by atoms with Crippen LogP contribution in [0.1, 0.15) is 67.9 Å². The number of aliphatic imine (C=N–C) groups is 2. The van der Waals surface area contributed by atoms with Gasteiger partial charge in [-0.2, -0.15) is 0 Å². The van der Waals surface area contributed by atoms with Crippen LogP contribution in [0.4, 0.5) is 41.2 Å². The number of rotatable bonds is 12. The number of alkyl carbamates (subject to hydrolysis) is 2. The van der Waals surface area contributed by atoms with E-state index in [1.54, 1.807) is 99.8 Å². The van der Waals surface area contributed by atoms with Crippen LogP contribution in [0.2, 0.25) is 0 Å². The number of amides is 5. The summed E-state index contributed by atoms with van der Waals surface area (Å²) in [5.41, 5.74) is 0.397. The van der Waals surface area contributed by atoms with Crippen molar-refractivity contribution in [1.82, 2.24) is 16.0 Å². The number of thiophene rings is 1. The number of aryl methyl sites for hydroxylation is 1. The SMILES string of the molecule is CSc1sc(N=CNC(=O)OC(C)(C)C)cc1S(=O)(=O)c1cccc(-c2c(C)cc(NC(=NC(=O)OC(C)(C)C)NC(=O)OC(C)(C)C)cc2NC(=O)NCCNc2ccccc2)c1. The molecule has 344 valence electrons. The maximum Gasteiger partial charge on any atom is 0.437 e. The van der Waals surface area contributed by atoms with Crippen molar-refractivity contribution < 1.29 is 41.8 Å². The summed E-state index contributed by atoms with van der Waals surface area (Å²) in [5, 5.41) is 17.1. The predicted octanol–water partition coefficient (Wildman–Crippen LogP) is 9.92. The third kappa shape index (κ3) is 16.2. The highest BCUT2D eigenvalue weighted by Crippen LogP contribution is 2.42. The molecule has 0 bridgehead atoms. The van der Waals surface area contributed by atoms with Crippen LogP contribution >= 0.6 is 23.1 Å². The largest absolute Gasteiger partial charge is 0.444 e. The lowest BCUT2D eigenvalue weighted by Gasteiger charge is -2.22. The number of sulfone groups is 1. The van der Waals surface area contributed by atoms with Gasteiger partial charge in [-0.05, 0) is 129 Å². The number of nitrogens with zero attached hydrogens (tertiary/aromatic N) is 2. The van der Waals surface area contributed by atoms with E-state index in [-0.39, 0.29) is 33.7 Å². The molecule has 4 aromatic rings. The summed E-state index contributed by atoms with van der Waals surface area (Å²) in [6.07, 6.45) is 0.292. The van der Waals surface area contributed by atoms with Gasteiger partial charge in [-0.25, -0.2) is 32.6 Å². The number of para-hydroxylation sites is 1. The second-order valence-corrected chi connectivity index (χ2v) is 21.0. The van der Waals surface area contributed by atoms with Crippen molar-refractivity contribution in [2.24, 2.45) is 9.98 Å². The molecular weight excluding hydrogens is 881 g/mol. The Labute approximate surface area is 382 Å². The fraction of sp³-hybridized carbons (Fsp3) is 0.364. The van der Waals surface area contributed by atoms with E-state index in [2.05, 4.69) is 41.9 Å². The van der Waals surface area contributed by atoms with Crippen LogP contribution in [0.5, 0.6) is 0 Å². The summed E-state index contributed by atoms with van der Waals surface area (Å²) in [6, 6.07) is 19.9. The van der Waals surface area contributed by atoms with E-state index in [4.69, 9.17) is 14.2 Å². The summed E-state index contributed by atoms with van der Waals surface area (Å²) < 4.78 is 45.1. The van der Waals surface area contributed by atoms with Crippen LogP contribution in [0.15, 0.2) is 96.8 Å². The van der Waals surface area contributed by atoms with Crippen LogP contribution in [0.25, 0.3) is 11.1 Å². The molecule has 4 rings (SSSR count). The number of carbonyl (C=O) groups excluding carboxylic acids is 4. The summed E-state index contributed by atoms with van der Waals surface area (Å²) >= 11 is 2.38. The molecule has 0 unspecified atom stereocenters. The lowest BCUT2D eigenvalue weighted by molar-refractivity contribution is 0.0549. The van der Waals surface area contributed by atoms with Gasteiger partial charge in [-0.3, -0.25) is 10.6 Å². The molecule has 0 saturated carbocycles. The normalized spacial score (nSPS) is 12.3. The Morgan fingerprint density at radius 3 is 2.06 bits per heavy atom. The number of benzene rings is 3. The van der Waals surface area contributed by atoms with Gasteiger partial charge in [0.2, 0.25) is 15.8 Å².